The van der Waals surface area contributed by atoms with Gasteiger partial charge in [-0.1, -0.05) is 0 Å². The Hall–Kier alpha value is -3.44. The lowest BCUT2D eigenvalue weighted by atomic mass is 9.71. The third kappa shape index (κ3) is 4.57. The van der Waals surface area contributed by atoms with Crippen molar-refractivity contribution in [3.8, 4) is 17.4 Å². The van der Waals surface area contributed by atoms with E-state index in [1.807, 2.05) is 13.1 Å². The first-order valence-corrected chi connectivity index (χ1v) is 12.4. The number of fused-ring (bicyclic) bond motifs is 2. The summed E-state index contributed by atoms with van der Waals surface area (Å²) in [7, 11) is 5.15. The molecule has 3 aromatic rings. The number of rotatable bonds is 7. The maximum absolute atomic E-state index is 12.7. The monoisotopic (exact) mass is 511 g/mol. The molecular formula is C26H33N5O6. The summed E-state index contributed by atoms with van der Waals surface area (Å²) < 4.78 is 24.0. The second-order valence-corrected chi connectivity index (χ2v) is 9.93. The summed E-state index contributed by atoms with van der Waals surface area (Å²) in [5.41, 5.74) is -0.461. The Bertz CT molecular complexity index is 1340. The van der Waals surface area contributed by atoms with E-state index >= 15 is 0 Å². The van der Waals surface area contributed by atoms with Gasteiger partial charge in [0, 0.05) is 31.8 Å². The number of aromatic nitrogens is 4. The van der Waals surface area contributed by atoms with Crippen LogP contribution in [0.25, 0.3) is 11.2 Å². The first kappa shape index (κ1) is 25.2. The van der Waals surface area contributed by atoms with Crippen molar-refractivity contribution in [1.29, 1.82) is 0 Å². The lowest BCUT2D eigenvalue weighted by Crippen LogP contribution is -2.56. The molecule has 11 nitrogen and oxygen atoms in total. The molecule has 5 rings (SSSR count). The minimum Gasteiger partial charge on any atom is -0.486 e. The van der Waals surface area contributed by atoms with Crippen LogP contribution in [-0.2, 0) is 11.3 Å². The Morgan fingerprint density at radius 2 is 1.84 bits per heavy atom. The number of nitrogens with zero attached hydrogens (tertiary/aromatic N) is 5. The average molecular weight is 512 g/mol. The number of hydrogen-bond donors (Lipinski definition) is 1. The summed E-state index contributed by atoms with van der Waals surface area (Å²) >= 11 is 0. The van der Waals surface area contributed by atoms with Crippen LogP contribution in [0.4, 0.5) is 5.82 Å². The van der Waals surface area contributed by atoms with E-state index in [9.17, 15) is 9.90 Å². The third-order valence-electron chi connectivity index (χ3n) is 7.99. The summed E-state index contributed by atoms with van der Waals surface area (Å²) in [6, 6.07) is 5.34. The van der Waals surface area contributed by atoms with Crippen LogP contribution in [-0.4, -0.2) is 76.4 Å². The van der Waals surface area contributed by atoms with E-state index in [1.165, 1.54) is 17.9 Å². The van der Waals surface area contributed by atoms with Gasteiger partial charge in [-0.15, -0.1) is 0 Å². The molecule has 0 spiro atoms. The molecule has 37 heavy (non-hydrogen) atoms. The summed E-state index contributed by atoms with van der Waals surface area (Å²) in [6.07, 6.45) is 4.72. The predicted octanol–water partition coefficient (Wildman–Crippen LogP) is 2.18. The van der Waals surface area contributed by atoms with Crippen LogP contribution >= 0.6 is 0 Å². The zero-order valence-electron chi connectivity index (χ0n) is 21.6. The Kier molecular flexibility index (Phi) is 6.67. The van der Waals surface area contributed by atoms with Crippen LogP contribution in [0.5, 0.6) is 17.4 Å². The second kappa shape index (κ2) is 9.79. The van der Waals surface area contributed by atoms with E-state index in [1.54, 1.807) is 25.4 Å². The van der Waals surface area contributed by atoms with Gasteiger partial charge in [0.05, 0.1) is 31.6 Å². The molecular weight excluding hydrogens is 478 g/mol. The molecule has 1 fully saturated rings. The molecule has 0 amide bonds. The van der Waals surface area contributed by atoms with Gasteiger partial charge in [0.2, 0.25) is 5.88 Å². The number of ether oxygens (including phenoxy) is 4. The maximum Gasteiger partial charge on any atom is 0.270 e. The fourth-order valence-corrected chi connectivity index (χ4v) is 5.27. The molecule has 198 valence electrons. The molecule has 0 saturated heterocycles. The lowest BCUT2D eigenvalue weighted by molar-refractivity contribution is -0.134. The lowest BCUT2D eigenvalue weighted by Gasteiger charge is -2.50. The molecule has 1 unspecified atom stereocenters. The fourth-order valence-electron chi connectivity index (χ4n) is 5.27. The number of methoxy groups -OCH3 is 2. The Labute approximate surface area is 215 Å². The molecule has 4 heterocycles. The van der Waals surface area contributed by atoms with E-state index in [-0.39, 0.29) is 17.6 Å². The summed E-state index contributed by atoms with van der Waals surface area (Å²) in [5, 5.41) is 11.4. The van der Waals surface area contributed by atoms with Crippen molar-refractivity contribution in [3.05, 3.63) is 40.9 Å². The minimum absolute atomic E-state index is 0.0299. The quantitative estimate of drug-likeness (QED) is 0.505. The van der Waals surface area contributed by atoms with Crippen molar-refractivity contribution < 1.29 is 24.1 Å². The Balaban J connectivity index is 1.35. The highest BCUT2D eigenvalue weighted by Crippen LogP contribution is 2.44. The number of aliphatic hydroxyl groups excluding tert-OH is 1. The van der Waals surface area contributed by atoms with E-state index in [0.29, 0.717) is 54.6 Å². The molecule has 1 saturated carbocycles. The molecule has 0 bridgehead atoms. The van der Waals surface area contributed by atoms with Crippen molar-refractivity contribution >= 4 is 17.0 Å². The first-order chi connectivity index (χ1) is 17.8. The SMILES string of the molecule is COc1ccc2ncc(=O)n(CC(O)C3(OC)CCC(C)(N(C)c4cc5c(cn4)OCCO5)CC3)c2n1. The van der Waals surface area contributed by atoms with Gasteiger partial charge in [-0.05, 0) is 38.7 Å². The predicted molar refractivity (Wildman–Crippen MR) is 137 cm³/mol. The van der Waals surface area contributed by atoms with Gasteiger partial charge in [-0.2, -0.15) is 4.98 Å². The van der Waals surface area contributed by atoms with Crippen molar-refractivity contribution in [2.75, 3.05) is 39.4 Å². The summed E-state index contributed by atoms with van der Waals surface area (Å²) in [4.78, 5) is 28.1. The van der Waals surface area contributed by atoms with Gasteiger partial charge in [0.25, 0.3) is 5.56 Å². The molecule has 3 aromatic heterocycles. The van der Waals surface area contributed by atoms with E-state index in [4.69, 9.17) is 18.9 Å². The van der Waals surface area contributed by atoms with Gasteiger partial charge in [0.1, 0.15) is 30.7 Å². The zero-order valence-corrected chi connectivity index (χ0v) is 21.6. The smallest absolute Gasteiger partial charge is 0.270 e. The van der Waals surface area contributed by atoms with Crippen LogP contribution in [0.2, 0.25) is 0 Å². The van der Waals surface area contributed by atoms with Crippen molar-refractivity contribution in [2.45, 2.75) is 56.4 Å². The number of anilines is 1. The van der Waals surface area contributed by atoms with Gasteiger partial charge in [-0.3, -0.25) is 9.36 Å². The molecule has 1 aliphatic heterocycles. The van der Waals surface area contributed by atoms with Gasteiger partial charge >= 0.3 is 0 Å². The van der Waals surface area contributed by atoms with Crippen molar-refractivity contribution in [1.82, 2.24) is 19.5 Å². The molecule has 1 atom stereocenters. The fraction of sp³-hybridized carbons (Fsp3) is 0.538. The van der Waals surface area contributed by atoms with Crippen LogP contribution in [0.1, 0.15) is 32.6 Å². The topological polar surface area (TPSA) is 121 Å². The minimum atomic E-state index is -0.934. The van der Waals surface area contributed by atoms with Crippen LogP contribution in [0, 0.1) is 0 Å². The zero-order chi connectivity index (χ0) is 26.2. The number of aliphatic hydroxyl groups is 1. The highest BCUT2D eigenvalue weighted by Gasteiger charge is 2.47. The molecule has 2 aliphatic rings. The summed E-state index contributed by atoms with van der Waals surface area (Å²) in [6.45, 7) is 3.26. The van der Waals surface area contributed by atoms with E-state index in [0.717, 1.165) is 18.7 Å². The standard InChI is InChI=1S/C26H33N5O6/c1-25(30(2)21-13-18-19(14-28-21)37-12-11-36-18)7-9-26(35-4,10-8-25)20(32)16-31-23(33)15-27-17-5-6-22(34-3)29-24(17)31/h5-6,13-15,20,32H,7-12,16H2,1-4H3. The third-order valence-corrected chi connectivity index (χ3v) is 7.99. The molecule has 0 radical (unpaired) electrons. The van der Waals surface area contributed by atoms with Crippen LogP contribution in [0.3, 0.4) is 0 Å². The van der Waals surface area contributed by atoms with Gasteiger partial charge in [-0.25, -0.2) is 9.97 Å². The second-order valence-electron chi connectivity index (χ2n) is 9.93. The highest BCUT2D eigenvalue weighted by molar-refractivity contribution is 5.70. The summed E-state index contributed by atoms with van der Waals surface area (Å²) in [5.74, 6) is 2.52. The number of hydrogen-bond acceptors (Lipinski definition) is 10. The maximum atomic E-state index is 12.7. The molecule has 11 heteroatoms. The highest BCUT2D eigenvalue weighted by atomic mass is 16.6. The largest absolute Gasteiger partial charge is 0.486 e. The molecule has 0 aromatic carbocycles. The Morgan fingerprint density at radius 3 is 2.54 bits per heavy atom. The van der Waals surface area contributed by atoms with Gasteiger partial charge < -0.3 is 29.0 Å². The van der Waals surface area contributed by atoms with E-state index in [2.05, 4.69) is 26.8 Å². The van der Waals surface area contributed by atoms with Crippen LogP contribution in [0.15, 0.2) is 35.4 Å². The molecule has 1 N–H and O–H groups in total. The van der Waals surface area contributed by atoms with Crippen molar-refractivity contribution in [2.24, 2.45) is 0 Å². The van der Waals surface area contributed by atoms with Crippen molar-refractivity contribution in [3.63, 3.8) is 0 Å². The normalized spacial score (nSPS) is 24.0. The van der Waals surface area contributed by atoms with E-state index < -0.39 is 11.7 Å². The first-order valence-electron chi connectivity index (χ1n) is 12.4. The van der Waals surface area contributed by atoms with Crippen LogP contribution < -0.4 is 24.7 Å². The number of pyridine rings is 2. The molecule has 1 aliphatic carbocycles. The Morgan fingerprint density at radius 1 is 1.11 bits per heavy atom. The average Bonchev–Trinajstić information content (AvgIpc) is 2.94. The van der Waals surface area contributed by atoms with Gasteiger partial charge in [0.15, 0.2) is 17.1 Å².